The van der Waals surface area contributed by atoms with Crippen LogP contribution in [0, 0.1) is 23.0 Å². The number of rotatable bonds is 6. The number of benzene rings is 1. The highest BCUT2D eigenvalue weighted by Crippen LogP contribution is 2.24. The second-order valence-electron chi connectivity index (χ2n) is 6.64. The minimum absolute atomic E-state index is 0.0393. The number of halogens is 2. The molecule has 0 aliphatic heterocycles. The van der Waals surface area contributed by atoms with Gasteiger partial charge in [0.05, 0.1) is 30.1 Å². The van der Waals surface area contributed by atoms with Gasteiger partial charge in [-0.05, 0) is 38.1 Å². The molecule has 2 heterocycles. The van der Waals surface area contributed by atoms with Crippen LogP contribution in [0.1, 0.15) is 47.7 Å². The molecule has 0 aliphatic rings. The number of hydrogen-bond acceptors (Lipinski definition) is 5. The molecule has 0 bridgehead atoms. The van der Waals surface area contributed by atoms with Crippen molar-refractivity contribution < 1.29 is 18.7 Å². The Labute approximate surface area is 164 Å². The van der Waals surface area contributed by atoms with E-state index in [1.54, 1.807) is 23.9 Å². The zero-order valence-electron chi connectivity index (χ0n) is 15.7. The molecule has 3 rings (SSSR count). The number of nitrogens with zero attached hydrogens (tertiary/aromatic N) is 5. The summed E-state index contributed by atoms with van der Waals surface area (Å²) in [5.41, 5.74) is 5.62. The molecule has 0 saturated carbocycles. The van der Waals surface area contributed by atoms with Gasteiger partial charge >= 0.3 is 0 Å². The fourth-order valence-corrected chi connectivity index (χ4v) is 2.99. The molecule has 29 heavy (non-hydrogen) atoms. The average molecular weight is 400 g/mol. The van der Waals surface area contributed by atoms with Crippen LogP contribution in [0.3, 0.4) is 0 Å². The number of nitriles is 1. The van der Waals surface area contributed by atoms with Gasteiger partial charge in [0.1, 0.15) is 29.0 Å². The molecule has 0 fully saturated rings. The molecule has 150 valence electrons. The van der Waals surface area contributed by atoms with Gasteiger partial charge in [-0.1, -0.05) is 0 Å². The summed E-state index contributed by atoms with van der Waals surface area (Å²) >= 11 is 0. The topological polar surface area (TPSA) is 123 Å². The summed E-state index contributed by atoms with van der Waals surface area (Å²) < 4.78 is 30.7. The van der Waals surface area contributed by atoms with E-state index in [9.17, 15) is 18.7 Å². The monoisotopic (exact) mass is 400 g/mol. The van der Waals surface area contributed by atoms with Gasteiger partial charge in [-0.3, -0.25) is 14.2 Å². The van der Waals surface area contributed by atoms with Crippen molar-refractivity contribution in [3.05, 3.63) is 59.0 Å². The lowest BCUT2D eigenvalue weighted by molar-refractivity contribution is 0.0994. The molecule has 3 aromatic rings. The van der Waals surface area contributed by atoms with Crippen LogP contribution in [-0.2, 0) is 6.54 Å². The summed E-state index contributed by atoms with van der Waals surface area (Å²) in [6.45, 7) is 3.66. The number of aliphatic hydroxyl groups excluding tert-OH is 1. The predicted octanol–water partition coefficient (Wildman–Crippen LogP) is 2.31. The minimum atomic E-state index is -0.956. The maximum absolute atomic E-state index is 13.9. The van der Waals surface area contributed by atoms with E-state index in [4.69, 9.17) is 11.0 Å². The lowest BCUT2D eigenvalue weighted by atomic mass is 10.1. The number of aromatic nitrogens is 4. The van der Waals surface area contributed by atoms with E-state index in [-0.39, 0.29) is 17.3 Å². The van der Waals surface area contributed by atoms with E-state index >= 15 is 0 Å². The van der Waals surface area contributed by atoms with Crippen molar-refractivity contribution in [2.75, 3.05) is 0 Å². The van der Waals surface area contributed by atoms with Gasteiger partial charge in [-0.15, -0.1) is 0 Å². The second kappa shape index (κ2) is 7.81. The Balaban J connectivity index is 1.86. The molecule has 2 atom stereocenters. The minimum Gasteiger partial charge on any atom is -0.387 e. The first kappa shape index (κ1) is 20.2. The van der Waals surface area contributed by atoms with Gasteiger partial charge < -0.3 is 10.8 Å². The molecule has 0 radical (unpaired) electrons. The molecule has 10 heteroatoms. The van der Waals surface area contributed by atoms with Crippen LogP contribution < -0.4 is 5.73 Å². The summed E-state index contributed by atoms with van der Waals surface area (Å²) in [6.07, 6.45) is 0.760. The van der Waals surface area contributed by atoms with Crippen molar-refractivity contribution in [3.8, 4) is 17.3 Å². The first-order chi connectivity index (χ1) is 13.7. The van der Waals surface area contributed by atoms with Crippen molar-refractivity contribution in [2.45, 2.75) is 32.5 Å². The standard InChI is InChI=1S/C19H18F2N6O2/c1-10(27-18(11(2)28)7-17(25-27)19(23)29)9-26-4-3-16(24-26)12-5-14(20)13(8-22)15(21)6-12/h3-7,10-11,28H,9H2,1-2H3,(H2,23,29)/t10?,11-/m0/s1. The zero-order chi connectivity index (χ0) is 21.3. The van der Waals surface area contributed by atoms with E-state index in [0.717, 1.165) is 12.1 Å². The smallest absolute Gasteiger partial charge is 0.269 e. The van der Waals surface area contributed by atoms with Crippen molar-refractivity contribution >= 4 is 5.91 Å². The molecule has 0 spiro atoms. The van der Waals surface area contributed by atoms with Crippen LogP contribution in [-0.4, -0.2) is 30.6 Å². The van der Waals surface area contributed by atoms with Gasteiger partial charge in [0.25, 0.3) is 5.91 Å². The SMILES string of the molecule is CC(Cn1ccc(-c2cc(F)c(C#N)c(F)c2)n1)n1nc(C(N)=O)cc1[C@H](C)O. The maximum atomic E-state index is 13.9. The summed E-state index contributed by atoms with van der Waals surface area (Å²) in [7, 11) is 0. The molecule has 2 aromatic heterocycles. The van der Waals surface area contributed by atoms with Crippen LogP contribution in [0.2, 0.25) is 0 Å². The van der Waals surface area contributed by atoms with Crippen LogP contribution in [0.5, 0.6) is 0 Å². The number of aliphatic hydroxyl groups is 1. The lowest BCUT2D eigenvalue weighted by Gasteiger charge is -2.17. The molecular weight excluding hydrogens is 382 g/mol. The van der Waals surface area contributed by atoms with E-state index in [1.165, 1.54) is 16.8 Å². The Hall–Kier alpha value is -3.58. The number of amides is 1. The van der Waals surface area contributed by atoms with Gasteiger partial charge in [0.15, 0.2) is 0 Å². The molecular formula is C19H18F2N6O2. The lowest BCUT2D eigenvalue weighted by Crippen LogP contribution is -2.19. The first-order valence-electron chi connectivity index (χ1n) is 8.71. The molecule has 0 aliphatic carbocycles. The fourth-order valence-electron chi connectivity index (χ4n) is 2.99. The zero-order valence-corrected chi connectivity index (χ0v) is 15.7. The Kier molecular flexibility index (Phi) is 5.43. The Morgan fingerprint density at radius 1 is 1.28 bits per heavy atom. The highest BCUT2D eigenvalue weighted by molar-refractivity contribution is 5.90. The Bertz CT molecular complexity index is 1090. The van der Waals surface area contributed by atoms with Crippen LogP contribution in [0.4, 0.5) is 8.78 Å². The highest BCUT2D eigenvalue weighted by Gasteiger charge is 2.20. The Morgan fingerprint density at radius 2 is 1.93 bits per heavy atom. The largest absolute Gasteiger partial charge is 0.387 e. The van der Waals surface area contributed by atoms with E-state index in [1.807, 2.05) is 6.92 Å². The predicted molar refractivity (Wildman–Crippen MR) is 98.4 cm³/mol. The molecule has 1 amide bonds. The van der Waals surface area contributed by atoms with Crippen LogP contribution in [0.25, 0.3) is 11.3 Å². The third-order valence-corrected chi connectivity index (χ3v) is 4.40. The van der Waals surface area contributed by atoms with Crippen molar-refractivity contribution in [1.29, 1.82) is 5.26 Å². The molecule has 1 unspecified atom stereocenters. The van der Waals surface area contributed by atoms with Crippen molar-refractivity contribution in [2.24, 2.45) is 5.73 Å². The Morgan fingerprint density at radius 3 is 2.48 bits per heavy atom. The first-order valence-corrected chi connectivity index (χ1v) is 8.71. The number of nitrogens with two attached hydrogens (primary N) is 1. The number of carbonyl (C=O) groups excluding carboxylic acids is 1. The van der Waals surface area contributed by atoms with E-state index < -0.39 is 29.2 Å². The molecule has 8 nitrogen and oxygen atoms in total. The number of carbonyl (C=O) groups is 1. The maximum Gasteiger partial charge on any atom is 0.269 e. The van der Waals surface area contributed by atoms with E-state index in [2.05, 4.69) is 10.2 Å². The summed E-state index contributed by atoms with van der Waals surface area (Å²) in [4.78, 5) is 11.4. The third kappa shape index (κ3) is 4.00. The molecule has 0 saturated heterocycles. The van der Waals surface area contributed by atoms with Crippen LogP contribution in [0.15, 0.2) is 30.5 Å². The third-order valence-electron chi connectivity index (χ3n) is 4.40. The summed E-state index contributed by atoms with van der Waals surface area (Å²) in [5, 5.41) is 27.1. The van der Waals surface area contributed by atoms with Crippen LogP contribution >= 0.6 is 0 Å². The number of hydrogen-bond donors (Lipinski definition) is 2. The summed E-state index contributed by atoms with van der Waals surface area (Å²) in [5.74, 6) is -2.62. The highest BCUT2D eigenvalue weighted by atomic mass is 19.1. The van der Waals surface area contributed by atoms with E-state index in [0.29, 0.717) is 17.9 Å². The number of primary amides is 1. The van der Waals surface area contributed by atoms with Gasteiger partial charge in [0, 0.05) is 11.8 Å². The van der Waals surface area contributed by atoms with Crippen molar-refractivity contribution in [1.82, 2.24) is 19.6 Å². The molecule has 1 aromatic carbocycles. The second-order valence-corrected chi connectivity index (χ2v) is 6.64. The average Bonchev–Trinajstić information content (AvgIpc) is 3.28. The fraction of sp³-hybridized carbons (Fsp3) is 0.263. The quantitative estimate of drug-likeness (QED) is 0.657. The van der Waals surface area contributed by atoms with Crippen molar-refractivity contribution in [3.63, 3.8) is 0 Å². The van der Waals surface area contributed by atoms with Gasteiger partial charge in [-0.2, -0.15) is 15.5 Å². The van der Waals surface area contributed by atoms with Gasteiger partial charge in [-0.25, -0.2) is 8.78 Å². The summed E-state index contributed by atoms with van der Waals surface area (Å²) in [6, 6.07) is 6.28. The normalized spacial score (nSPS) is 13.1. The van der Waals surface area contributed by atoms with Gasteiger partial charge in [0.2, 0.25) is 0 Å². The molecule has 3 N–H and O–H groups in total.